The van der Waals surface area contributed by atoms with Gasteiger partial charge < -0.3 is 15.2 Å². The predicted molar refractivity (Wildman–Crippen MR) is 97.5 cm³/mol. The summed E-state index contributed by atoms with van der Waals surface area (Å²) in [6.45, 7) is 4.29. The van der Waals surface area contributed by atoms with E-state index in [0.29, 0.717) is 11.3 Å². The second-order valence-electron chi connectivity index (χ2n) is 7.35. The average Bonchev–Trinajstić information content (AvgIpc) is 3.34. The summed E-state index contributed by atoms with van der Waals surface area (Å²) in [5.41, 5.74) is 3.46. The van der Waals surface area contributed by atoms with Crippen molar-refractivity contribution >= 4 is 17.0 Å². The van der Waals surface area contributed by atoms with E-state index in [0.717, 1.165) is 49.6 Å². The van der Waals surface area contributed by atoms with E-state index >= 15 is 0 Å². The molecular formula is C19H22N6. The molecule has 0 amide bonds. The molecule has 2 aromatic heterocycles. The summed E-state index contributed by atoms with van der Waals surface area (Å²) >= 11 is 0. The van der Waals surface area contributed by atoms with Crippen molar-refractivity contribution in [2.45, 2.75) is 12.8 Å². The van der Waals surface area contributed by atoms with Crippen LogP contribution in [-0.2, 0) is 6.42 Å². The van der Waals surface area contributed by atoms with Crippen LogP contribution in [-0.4, -0.2) is 46.1 Å². The first-order valence-corrected chi connectivity index (χ1v) is 8.98. The minimum absolute atomic E-state index is 0.327. The number of H-pyrrole nitrogens is 1. The van der Waals surface area contributed by atoms with Crippen LogP contribution in [0.25, 0.3) is 11.2 Å². The maximum Gasteiger partial charge on any atom is 0.182 e. The van der Waals surface area contributed by atoms with Crippen LogP contribution in [0.2, 0.25) is 0 Å². The van der Waals surface area contributed by atoms with Gasteiger partial charge in [-0.25, -0.2) is 15.0 Å². The zero-order chi connectivity index (χ0) is 16.7. The third kappa shape index (κ3) is 2.48. The predicted octanol–water partition coefficient (Wildman–Crippen LogP) is 2.01. The number of aromatic nitrogens is 4. The van der Waals surface area contributed by atoms with Gasteiger partial charge in [0.05, 0.1) is 6.33 Å². The molecule has 5 rings (SSSR count). The number of hydrogen-bond donors (Lipinski definition) is 2. The Balaban J connectivity index is 1.40. The molecule has 2 fully saturated rings. The van der Waals surface area contributed by atoms with E-state index in [1.807, 2.05) is 0 Å². The van der Waals surface area contributed by atoms with Crippen LogP contribution in [0.5, 0.6) is 0 Å². The number of benzene rings is 1. The Morgan fingerprint density at radius 2 is 2.08 bits per heavy atom. The van der Waals surface area contributed by atoms with E-state index < -0.39 is 0 Å². The molecule has 6 heteroatoms. The summed E-state index contributed by atoms with van der Waals surface area (Å²) in [5, 5.41) is 3.63. The van der Waals surface area contributed by atoms with Crippen LogP contribution in [0.3, 0.4) is 0 Å². The van der Waals surface area contributed by atoms with Gasteiger partial charge >= 0.3 is 0 Å². The molecule has 2 N–H and O–H groups in total. The lowest BCUT2D eigenvalue weighted by Crippen LogP contribution is -2.33. The summed E-state index contributed by atoms with van der Waals surface area (Å²) in [4.78, 5) is 18.7. The maximum absolute atomic E-state index is 4.56. The number of aryl methyl sites for hydroxylation is 1. The normalized spacial score (nSPS) is 25.6. The van der Waals surface area contributed by atoms with Crippen molar-refractivity contribution in [1.29, 1.82) is 0 Å². The minimum atomic E-state index is 0.327. The van der Waals surface area contributed by atoms with E-state index in [1.54, 1.807) is 12.7 Å². The first kappa shape index (κ1) is 14.8. The maximum atomic E-state index is 4.56. The van der Waals surface area contributed by atoms with Gasteiger partial charge in [0.2, 0.25) is 0 Å². The third-order valence-corrected chi connectivity index (χ3v) is 5.94. The van der Waals surface area contributed by atoms with Crippen molar-refractivity contribution in [2.24, 2.45) is 11.3 Å². The van der Waals surface area contributed by atoms with Crippen molar-refractivity contribution in [3.63, 3.8) is 0 Å². The van der Waals surface area contributed by atoms with Crippen LogP contribution in [0.4, 0.5) is 5.82 Å². The van der Waals surface area contributed by atoms with Crippen LogP contribution in [0, 0.1) is 11.3 Å². The molecule has 1 aromatic carbocycles. The van der Waals surface area contributed by atoms with E-state index in [1.165, 1.54) is 12.0 Å². The highest BCUT2D eigenvalue weighted by molar-refractivity contribution is 5.82. The largest absolute Gasteiger partial charge is 0.354 e. The zero-order valence-corrected chi connectivity index (χ0v) is 14.2. The summed E-state index contributed by atoms with van der Waals surface area (Å²) in [7, 11) is 0. The van der Waals surface area contributed by atoms with Gasteiger partial charge in [0.1, 0.15) is 11.8 Å². The third-order valence-electron chi connectivity index (χ3n) is 5.94. The molecule has 0 aliphatic carbocycles. The van der Waals surface area contributed by atoms with Gasteiger partial charge in [-0.15, -0.1) is 0 Å². The zero-order valence-electron chi connectivity index (χ0n) is 14.2. The number of imidazole rings is 1. The Labute approximate surface area is 146 Å². The molecule has 2 unspecified atom stereocenters. The number of aromatic amines is 1. The lowest BCUT2D eigenvalue weighted by Gasteiger charge is -2.28. The fourth-order valence-electron chi connectivity index (χ4n) is 4.57. The molecule has 0 saturated carbocycles. The fraction of sp³-hybridized carbons (Fsp3) is 0.421. The Kier molecular flexibility index (Phi) is 3.45. The minimum Gasteiger partial charge on any atom is -0.354 e. The molecule has 0 spiro atoms. The molecule has 2 aliphatic rings. The van der Waals surface area contributed by atoms with E-state index in [-0.39, 0.29) is 0 Å². The summed E-state index contributed by atoms with van der Waals surface area (Å²) in [6.07, 6.45) is 5.67. The van der Waals surface area contributed by atoms with Crippen LogP contribution in [0.1, 0.15) is 12.0 Å². The molecule has 25 heavy (non-hydrogen) atoms. The second-order valence-corrected chi connectivity index (χ2v) is 7.35. The average molecular weight is 334 g/mol. The summed E-state index contributed by atoms with van der Waals surface area (Å²) < 4.78 is 0. The Morgan fingerprint density at radius 1 is 1.16 bits per heavy atom. The Hall–Kier alpha value is -2.47. The van der Waals surface area contributed by atoms with Crippen molar-refractivity contribution < 1.29 is 0 Å². The standard InChI is InChI=1S/C19H22N6/c1-2-4-14(5-3-1)6-7-19-10-20-8-15(19)9-25(11-19)18-16-17(22-12-21-16)23-13-24-18/h1-5,12-13,15,20H,6-11H2,(H,21,22,23,24). The monoisotopic (exact) mass is 334 g/mol. The van der Waals surface area contributed by atoms with Crippen LogP contribution in [0.15, 0.2) is 43.0 Å². The molecule has 4 heterocycles. The molecule has 3 aromatic rings. The number of fused-ring (bicyclic) bond motifs is 2. The summed E-state index contributed by atoms with van der Waals surface area (Å²) in [6, 6.07) is 10.8. The van der Waals surface area contributed by atoms with Crippen LogP contribution >= 0.6 is 0 Å². The molecule has 128 valence electrons. The van der Waals surface area contributed by atoms with Crippen molar-refractivity contribution in [1.82, 2.24) is 25.3 Å². The van der Waals surface area contributed by atoms with E-state index in [9.17, 15) is 0 Å². The molecule has 0 radical (unpaired) electrons. The lowest BCUT2D eigenvalue weighted by atomic mass is 9.76. The fourth-order valence-corrected chi connectivity index (χ4v) is 4.57. The van der Waals surface area contributed by atoms with Gasteiger partial charge in [0, 0.05) is 31.6 Å². The number of nitrogens with zero attached hydrogens (tertiary/aromatic N) is 4. The van der Waals surface area contributed by atoms with E-state index in [2.05, 4.69) is 60.5 Å². The van der Waals surface area contributed by atoms with Gasteiger partial charge in [0.25, 0.3) is 0 Å². The van der Waals surface area contributed by atoms with Gasteiger partial charge in [-0.2, -0.15) is 0 Å². The first-order valence-electron chi connectivity index (χ1n) is 8.98. The van der Waals surface area contributed by atoms with Gasteiger partial charge in [0.15, 0.2) is 11.5 Å². The number of nitrogens with one attached hydrogen (secondary N) is 2. The van der Waals surface area contributed by atoms with Crippen molar-refractivity contribution in [3.05, 3.63) is 48.5 Å². The highest BCUT2D eigenvalue weighted by Gasteiger charge is 2.49. The number of hydrogen-bond acceptors (Lipinski definition) is 5. The van der Waals surface area contributed by atoms with Gasteiger partial charge in [-0.3, -0.25) is 0 Å². The molecule has 0 bridgehead atoms. The first-order chi connectivity index (χ1) is 12.3. The summed E-state index contributed by atoms with van der Waals surface area (Å²) in [5.74, 6) is 1.67. The quantitative estimate of drug-likeness (QED) is 0.764. The SMILES string of the molecule is c1ccc(CCC23CNCC2CN(c2ncnc4nc[nH]c24)C3)cc1. The molecule has 2 atom stereocenters. The van der Waals surface area contributed by atoms with E-state index in [4.69, 9.17) is 0 Å². The highest BCUT2D eigenvalue weighted by Crippen LogP contribution is 2.44. The Bertz CT molecular complexity index is 876. The smallest absolute Gasteiger partial charge is 0.182 e. The molecule has 2 aliphatic heterocycles. The Morgan fingerprint density at radius 3 is 3.00 bits per heavy atom. The second kappa shape index (κ2) is 5.81. The topological polar surface area (TPSA) is 69.7 Å². The van der Waals surface area contributed by atoms with Gasteiger partial charge in [-0.1, -0.05) is 30.3 Å². The van der Waals surface area contributed by atoms with Crippen molar-refractivity contribution in [2.75, 3.05) is 31.1 Å². The van der Waals surface area contributed by atoms with Crippen LogP contribution < -0.4 is 10.2 Å². The number of anilines is 1. The number of rotatable bonds is 4. The molecule has 6 nitrogen and oxygen atoms in total. The lowest BCUT2D eigenvalue weighted by molar-refractivity contribution is 0.275. The highest BCUT2D eigenvalue weighted by atomic mass is 15.3. The molecule has 2 saturated heterocycles. The van der Waals surface area contributed by atoms with Gasteiger partial charge in [-0.05, 0) is 24.3 Å². The molecular weight excluding hydrogens is 312 g/mol. The van der Waals surface area contributed by atoms with Crippen molar-refractivity contribution in [3.8, 4) is 0 Å².